The van der Waals surface area contributed by atoms with E-state index in [1.807, 2.05) is 0 Å². The summed E-state index contributed by atoms with van der Waals surface area (Å²) in [6.45, 7) is 0.0314. The molecule has 0 aliphatic rings. The van der Waals surface area contributed by atoms with E-state index in [0.717, 1.165) is 11.0 Å². The standard InChI is InChI=1S/C14H11Cl2FN2O4S2/c15-9-1-3-10(4-2-9)24-6-5-18-25(22,23)14-7-11(16)13(19(20)21)8-12(14)17/h1-4,7-8,18H,5-6H2. The number of hydrogen-bond donors (Lipinski definition) is 1. The third kappa shape index (κ3) is 5.29. The van der Waals surface area contributed by atoms with E-state index in [-0.39, 0.29) is 6.54 Å². The average molecular weight is 425 g/mol. The molecule has 6 nitrogen and oxygen atoms in total. The first-order valence-corrected chi connectivity index (χ1v) is 9.94. The normalized spacial score (nSPS) is 11.5. The summed E-state index contributed by atoms with van der Waals surface area (Å²) in [7, 11) is -4.18. The Balaban J connectivity index is 2.03. The number of nitrogens with zero attached hydrogens (tertiary/aromatic N) is 1. The molecule has 0 saturated carbocycles. The minimum absolute atomic E-state index is 0.0314. The molecule has 0 unspecified atom stereocenters. The molecular formula is C14H11Cl2FN2O4S2. The molecule has 25 heavy (non-hydrogen) atoms. The van der Waals surface area contributed by atoms with Crippen molar-refractivity contribution in [2.24, 2.45) is 0 Å². The Labute approximate surface area is 157 Å². The second kappa shape index (κ2) is 8.33. The molecule has 0 aromatic heterocycles. The van der Waals surface area contributed by atoms with Crippen LogP contribution >= 0.6 is 35.0 Å². The molecule has 0 radical (unpaired) electrons. The molecule has 0 fully saturated rings. The van der Waals surface area contributed by atoms with Gasteiger partial charge < -0.3 is 0 Å². The highest BCUT2D eigenvalue weighted by Gasteiger charge is 2.24. The maximum atomic E-state index is 13.9. The number of nitro benzene ring substituents is 1. The number of hydrogen-bond acceptors (Lipinski definition) is 5. The summed E-state index contributed by atoms with van der Waals surface area (Å²) < 4.78 is 40.4. The Morgan fingerprint density at radius 2 is 1.84 bits per heavy atom. The van der Waals surface area contributed by atoms with Crippen molar-refractivity contribution >= 4 is 50.7 Å². The van der Waals surface area contributed by atoms with Crippen LogP contribution in [0.5, 0.6) is 0 Å². The molecule has 0 atom stereocenters. The summed E-state index contributed by atoms with van der Waals surface area (Å²) in [5.74, 6) is -0.850. The van der Waals surface area contributed by atoms with Crippen molar-refractivity contribution in [1.82, 2.24) is 4.72 Å². The van der Waals surface area contributed by atoms with Crippen LogP contribution in [0.15, 0.2) is 46.2 Å². The molecule has 134 valence electrons. The van der Waals surface area contributed by atoms with Crippen LogP contribution in [0.2, 0.25) is 10.0 Å². The molecule has 11 heteroatoms. The topological polar surface area (TPSA) is 89.3 Å². The maximum absolute atomic E-state index is 13.9. The maximum Gasteiger partial charge on any atom is 0.290 e. The molecule has 1 N–H and O–H groups in total. The quantitative estimate of drug-likeness (QED) is 0.312. The Morgan fingerprint density at radius 3 is 2.44 bits per heavy atom. The van der Waals surface area contributed by atoms with Crippen LogP contribution < -0.4 is 4.72 Å². The summed E-state index contributed by atoms with van der Waals surface area (Å²) in [6, 6.07) is 8.21. The summed E-state index contributed by atoms with van der Waals surface area (Å²) >= 11 is 12.8. The van der Waals surface area contributed by atoms with Crippen molar-refractivity contribution in [3.8, 4) is 0 Å². The van der Waals surface area contributed by atoms with Gasteiger partial charge >= 0.3 is 0 Å². The van der Waals surface area contributed by atoms with Gasteiger partial charge in [-0.1, -0.05) is 23.2 Å². The monoisotopic (exact) mass is 424 g/mol. The van der Waals surface area contributed by atoms with E-state index in [1.54, 1.807) is 24.3 Å². The Morgan fingerprint density at radius 1 is 1.20 bits per heavy atom. The third-order valence-electron chi connectivity index (χ3n) is 2.96. The molecule has 0 bridgehead atoms. The van der Waals surface area contributed by atoms with E-state index in [9.17, 15) is 22.9 Å². The second-order valence-corrected chi connectivity index (χ2v) is 8.44. The number of nitro groups is 1. The number of thioether (sulfide) groups is 1. The molecule has 2 aromatic carbocycles. The molecule has 0 amide bonds. The van der Waals surface area contributed by atoms with Gasteiger partial charge in [0.25, 0.3) is 5.69 Å². The first kappa shape index (κ1) is 19.9. The highest BCUT2D eigenvalue weighted by Crippen LogP contribution is 2.29. The predicted molar refractivity (Wildman–Crippen MR) is 95.4 cm³/mol. The van der Waals surface area contributed by atoms with Crippen molar-refractivity contribution in [3.63, 3.8) is 0 Å². The fourth-order valence-electron chi connectivity index (χ4n) is 1.82. The van der Waals surface area contributed by atoms with Crippen molar-refractivity contribution in [2.75, 3.05) is 12.3 Å². The lowest BCUT2D eigenvalue weighted by atomic mass is 10.3. The largest absolute Gasteiger partial charge is 0.290 e. The first-order valence-electron chi connectivity index (χ1n) is 6.72. The lowest BCUT2D eigenvalue weighted by molar-refractivity contribution is -0.384. The number of benzene rings is 2. The van der Waals surface area contributed by atoms with Gasteiger partial charge in [-0.25, -0.2) is 17.5 Å². The fourth-order valence-corrected chi connectivity index (χ4v) is 4.25. The SMILES string of the molecule is O=[N+]([O-])c1cc(F)c(S(=O)(=O)NCCSc2ccc(Cl)cc2)cc1Cl. The molecular weight excluding hydrogens is 414 g/mol. The Bertz CT molecular complexity index is 892. The zero-order chi connectivity index (χ0) is 18.6. The van der Waals surface area contributed by atoms with Crippen molar-refractivity contribution in [3.05, 3.63) is 62.4 Å². The van der Waals surface area contributed by atoms with Gasteiger partial charge in [-0.15, -0.1) is 11.8 Å². The molecule has 0 aliphatic carbocycles. The van der Waals surface area contributed by atoms with Gasteiger partial charge in [-0.05, 0) is 30.3 Å². The zero-order valence-corrected chi connectivity index (χ0v) is 15.6. The number of nitrogens with one attached hydrogen (secondary N) is 1. The molecule has 0 spiro atoms. The lowest BCUT2D eigenvalue weighted by Gasteiger charge is -2.08. The van der Waals surface area contributed by atoms with Crippen molar-refractivity contribution in [2.45, 2.75) is 9.79 Å². The van der Waals surface area contributed by atoms with E-state index in [0.29, 0.717) is 16.8 Å². The van der Waals surface area contributed by atoms with Gasteiger partial charge in [0.2, 0.25) is 10.0 Å². The number of sulfonamides is 1. The van der Waals surface area contributed by atoms with E-state index in [4.69, 9.17) is 23.2 Å². The van der Waals surface area contributed by atoms with E-state index in [2.05, 4.69) is 4.72 Å². The van der Waals surface area contributed by atoms with Gasteiger partial charge in [0, 0.05) is 22.2 Å². The summed E-state index contributed by atoms with van der Waals surface area (Å²) in [4.78, 5) is 9.95. The summed E-state index contributed by atoms with van der Waals surface area (Å²) in [6.07, 6.45) is 0. The van der Waals surface area contributed by atoms with Gasteiger partial charge in [-0.3, -0.25) is 10.1 Å². The molecule has 2 aromatic rings. The second-order valence-electron chi connectivity index (χ2n) is 4.69. The fraction of sp³-hybridized carbons (Fsp3) is 0.143. The predicted octanol–water partition coefficient (Wildman–Crippen LogP) is 4.11. The minimum Gasteiger partial charge on any atom is -0.258 e. The van der Waals surface area contributed by atoms with Gasteiger partial charge in [0.05, 0.1) is 11.0 Å². The minimum atomic E-state index is -4.18. The smallest absolute Gasteiger partial charge is 0.258 e. The van der Waals surface area contributed by atoms with Gasteiger partial charge in [-0.2, -0.15) is 0 Å². The molecule has 0 aliphatic heterocycles. The lowest BCUT2D eigenvalue weighted by Crippen LogP contribution is -2.27. The average Bonchev–Trinajstić information content (AvgIpc) is 2.54. The molecule has 0 saturated heterocycles. The van der Waals surface area contributed by atoms with Crippen LogP contribution in [0.4, 0.5) is 10.1 Å². The van der Waals surface area contributed by atoms with E-state index >= 15 is 0 Å². The zero-order valence-electron chi connectivity index (χ0n) is 12.4. The van der Waals surface area contributed by atoms with E-state index < -0.39 is 36.4 Å². The summed E-state index contributed by atoms with van der Waals surface area (Å²) in [5.41, 5.74) is -0.698. The van der Waals surface area contributed by atoms with Crippen LogP contribution in [0.25, 0.3) is 0 Å². The first-order chi connectivity index (χ1) is 11.7. The number of rotatable bonds is 7. The molecule has 0 heterocycles. The highest BCUT2D eigenvalue weighted by atomic mass is 35.5. The molecule has 2 rings (SSSR count). The van der Waals surface area contributed by atoms with Crippen molar-refractivity contribution < 1.29 is 17.7 Å². The Hall–Kier alpha value is -1.39. The van der Waals surface area contributed by atoms with Gasteiger partial charge in [0.1, 0.15) is 15.7 Å². The van der Waals surface area contributed by atoms with Crippen LogP contribution in [-0.4, -0.2) is 25.6 Å². The van der Waals surface area contributed by atoms with Crippen LogP contribution in [0.1, 0.15) is 0 Å². The van der Waals surface area contributed by atoms with Crippen LogP contribution in [0.3, 0.4) is 0 Å². The van der Waals surface area contributed by atoms with Crippen LogP contribution in [-0.2, 0) is 10.0 Å². The number of halogens is 3. The van der Waals surface area contributed by atoms with Crippen LogP contribution in [0, 0.1) is 15.9 Å². The Kier molecular flexibility index (Phi) is 6.64. The van der Waals surface area contributed by atoms with Gasteiger partial charge in [0.15, 0.2) is 0 Å². The highest BCUT2D eigenvalue weighted by molar-refractivity contribution is 7.99. The third-order valence-corrected chi connectivity index (χ3v) is 6.01. The van der Waals surface area contributed by atoms with E-state index in [1.165, 1.54) is 11.8 Å². The summed E-state index contributed by atoms with van der Waals surface area (Å²) in [5, 5.41) is 10.8. The van der Waals surface area contributed by atoms with Crippen molar-refractivity contribution in [1.29, 1.82) is 0 Å².